The third-order valence-corrected chi connectivity index (χ3v) is 7.79. The van der Waals surface area contributed by atoms with E-state index in [0.29, 0.717) is 17.6 Å². The van der Waals surface area contributed by atoms with Gasteiger partial charge < -0.3 is 0 Å². The van der Waals surface area contributed by atoms with Crippen LogP contribution in [-0.2, 0) is 6.42 Å². The summed E-state index contributed by atoms with van der Waals surface area (Å²) >= 11 is 0. The van der Waals surface area contributed by atoms with Crippen molar-refractivity contribution in [2.24, 2.45) is 11.8 Å². The van der Waals surface area contributed by atoms with E-state index in [1.165, 1.54) is 23.8 Å². The molecule has 3 heteroatoms. The zero-order valence-electron chi connectivity index (χ0n) is 22.4. The first-order chi connectivity index (χ1) is 17.2. The summed E-state index contributed by atoms with van der Waals surface area (Å²) in [7, 11) is -2.52. The maximum Gasteiger partial charge on any atom is 0.0480 e. The molecule has 1 atom stereocenters. The Bertz CT molecular complexity index is 1090. The summed E-state index contributed by atoms with van der Waals surface area (Å²) in [4.78, 5) is 0. The first-order valence-electron chi connectivity index (χ1n) is 12.9. The van der Waals surface area contributed by atoms with Crippen molar-refractivity contribution in [3.63, 3.8) is 0 Å². The Labute approximate surface area is 221 Å². The minimum absolute atomic E-state index is 0. The smallest absolute Gasteiger partial charge is 0.0480 e. The molecule has 0 fully saturated rings. The summed E-state index contributed by atoms with van der Waals surface area (Å²) < 4.78 is 19.5. The number of rotatable bonds is 8. The van der Waals surface area contributed by atoms with Crippen molar-refractivity contribution < 1.29 is 10.5 Å². The molecule has 0 bridgehead atoms. The second-order valence-corrected chi connectivity index (χ2v) is 12.5. The summed E-state index contributed by atoms with van der Waals surface area (Å²) in [6, 6.07) is 28.9. The van der Waals surface area contributed by atoms with Gasteiger partial charge in [0.15, 0.2) is 0 Å². The van der Waals surface area contributed by atoms with Crippen molar-refractivity contribution >= 4 is 10.6 Å². The third kappa shape index (κ3) is 8.23. The van der Waals surface area contributed by atoms with Crippen LogP contribution in [0.3, 0.4) is 0 Å². The zero-order chi connectivity index (χ0) is 26.1. The standard InChI is InChI=1S/C18H24.C15H18O2S.H2/c1-5-17-16(10-11-18(17)13(2)3)12-15-8-6-14(4)7-9-15;1-18(16,17)12-15(13-8-4-2-5-9-13)14-10-6-3-7-11-14;/h6-11,13,17H,5,12H2,1-4H3;2-11,15-17H,12H2,1H3;1H. The predicted molar refractivity (Wildman–Crippen MR) is 160 cm³/mol. The number of hydrogen-bond donors (Lipinski definition) is 2. The summed E-state index contributed by atoms with van der Waals surface area (Å²) in [6.07, 6.45) is 8.53. The fraction of sp³-hybridized carbons (Fsp3) is 0.333. The maximum absolute atomic E-state index is 9.75. The highest BCUT2D eigenvalue weighted by Crippen LogP contribution is 2.41. The van der Waals surface area contributed by atoms with Crippen molar-refractivity contribution in [1.82, 2.24) is 0 Å². The Morgan fingerprint density at radius 2 is 1.33 bits per heavy atom. The van der Waals surface area contributed by atoms with Gasteiger partial charge in [-0.25, -0.2) is 0 Å². The van der Waals surface area contributed by atoms with E-state index in [0.717, 1.165) is 17.5 Å². The Balaban J connectivity index is 0.000000253. The van der Waals surface area contributed by atoms with Crippen LogP contribution < -0.4 is 0 Å². The molecule has 3 aromatic rings. The molecule has 0 amide bonds. The fourth-order valence-electron chi connectivity index (χ4n) is 4.94. The molecule has 36 heavy (non-hydrogen) atoms. The van der Waals surface area contributed by atoms with Crippen LogP contribution in [0.25, 0.3) is 0 Å². The molecule has 0 radical (unpaired) electrons. The molecule has 3 aromatic carbocycles. The molecule has 0 saturated heterocycles. The van der Waals surface area contributed by atoms with Gasteiger partial charge in [-0.3, -0.25) is 9.11 Å². The Morgan fingerprint density at radius 1 is 0.806 bits per heavy atom. The largest absolute Gasteiger partial charge is 0.300 e. The minimum atomic E-state index is -2.52. The highest BCUT2D eigenvalue weighted by Gasteiger charge is 2.23. The van der Waals surface area contributed by atoms with Gasteiger partial charge in [0.2, 0.25) is 0 Å². The van der Waals surface area contributed by atoms with Crippen LogP contribution in [0.1, 0.15) is 56.8 Å². The zero-order valence-corrected chi connectivity index (χ0v) is 23.2. The molecule has 0 aliphatic heterocycles. The van der Waals surface area contributed by atoms with Gasteiger partial charge in [-0.2, -0.15) is 10.6 Å². The predicted octanol–water partition coefficient (Wildman–Crippen LogP) is 9.53. The normalized spacial score (nSPS) is 15.9. The molecule has 1 aliphatic rings. The van der Waals surface area contributed by atoms with E-state index in [1.807, 2.05) is 60.7 Å². The third-order valence-electron chi connectivity index (χ3n) is 6.83. The van der Waals surface area contributed by atoms with E-state index in [4.69, 9.17) is 0 Å². The van der Waals surface area contributed by atoms with Gasteiger partial charge >= 0.3 is 0 Å². The molecule has 194 valence electrons. The summed E-state index contributed by atoms with van der Waals surface area (Å²) in [5.74, 6) is 1.73. The molecule has 1 aliphatic carbocycles. The quantitative estimate of drug-likeness (QED) is 0.321. The van der Waals surface area contributed by atoms with Crippen LogP contribution in [0.4, 0.5) is 0 Å². The lowest BCUT2D eigenvalue weighted by atomic mass is 9.84. The molecule has 4 rings (SSSR count). The molecular formula is C33H44O2S. The van der Waals surface area contributed by atoms with E-state index in [9.17, 15) is 9.11 Å². The summed E-state index contributed by atoms with van der Waals surface area (Å²) in [6.45, 7) is 9.05. The maximum atomic E-state index is 9.75. The van der Waals surface area contributed by atoms with Gasteiger partial charge in [-0.05, 0) is 42.4 Å². The van der Waals surface area contributed by atoms with E-state index in [2.05, 4.69) is 64.1 Å². The molecule has 2 nitrogen and oxygen atoms in total. The molecular weight excluding hydrogens is 460 g/mol. The number of hydrogen-bond acceptors (Lipinski definition) is 2. The van der Waals surface area contributed by atoms with E-state index < -0.39 is 10.6 Å². The lowest BCUT2D eigenvalue weighted by Gasteiger charge is -2.32. The van der Waals surface area contributed by atoms with Crippen LogP contribution in [-0.4, -0.2) is 21.1 Å². The average Bonchev–Trinajstić information content (AvgIpc) is 3.28. The minimum Gasteiger partial charge on any atom is -0.300 e. The number of benzene rings is 3. The highest BCUT2D eigenvalue weighted by atomic mass is 32.3. The van der Waals surface area contributed by atoms with Gasteiger partial charge in [-0.15, -0.1) is 0 Å². The highest BCUT2D eigenvalue weighted by molar-refractivity contribution is 8.23. The topological polar surface area (TPSA) is 40.5 Å². The molecule has 0 saturated carbocycles. The molecule has 0 spiro atoms. The summed E-state index contributed by atoms with van der Waals surface area (Å²) in [5.41, 5.74) is 8.21. The first kappa shape index (κ1) is 28.0. The van der Waals surface area contributed by atoms with Crippen molar-refractivity contribution in [2.45, 2.75) is 46.5 Å². The van der Waals surface area contributed by atoms with Crippen LogP contribution in [0, 0.1) is 18.8 Å². The number of allylic oxidation sites excluding steroid dienone is 4. The Kier molecular flexibility index (Phi) is 10.2. The van der Waals surface area contributed by atoms with Gasteiger partial charge in [0.05, 0.1) is 0 Å². The van der Waals surface area contributed by atoms with E-state index in [1.54, 1.807) is 11.1 Å². The van der Waals surface area contributed by atoms with E-state index in [-0.39, 0.29) is 7.34 Å². The second-order valence-electron chi connectivity index (χ2n) is 10.2. The second kappa shape index (κ2) is 13.1. The Hall–Kier alpha value is -2.59. The van der Waals surface area contributed by atoms with E-state index >= 15 is 0 Å². The van der Waals surface area contributed by atoms with Crippen molar-refractivity contribution in [3.8, 4) is 0 Å². The molecule has 0 aromatic heterocycles. The SMILES string of the molecule is CCC1C(Cc2ccc(C)cc2)=CC=C1C(C)C.CS(O)(O)CC(c1ccccc1)c1ccccc1.[HH]. The van der Waals surface area contributed by atoms with Gasteiger partial charge in [-0.1, -0.05) is 135 Å². The van der Waals surface area contributed by atoms with Crippen molar-refractivity contribution in [2.75, 3.05) is 12.0 Å². The number of aryl methyl sites for hydroxylation is 1. The van der Waals surface area contributed by atoms with Crippen LogP contribution in [0.5, 0.6) is 0 Å². The lowest BCUT2D eigenvalue weighted by molar-refractivity contribution is 0.491. The van der Waals surface area contributed by atoms with Gasteiger partial charge in [0.25, 0.3) is 0 Å². The summed E-state index contributed by atoms with van der Waals surface area (Å²) in [5, 5.41) is 0. The molecule has 1 unspecified atom stereocenters. The average molecular weight is 505 g/mol. The van der Waals surface area contributed by atoms with Crippen molar-refractivity contribution in [3.05, 3.63) is 130 Å². The molecule has 0 heterocycles. The van der Waals surface area contributed by atoms with Gasteiger partial charge in [0, 0.05) is 25.3 Å². The Morgan fingerprint density at radius 3 is 1.78 bits per heavy atom. The van der Waals surface area contributed by atoms with Crippen LogP contribution in [0.15, 0.2) is 108 Å². The first-order valence-corrected chi connectivity index (χ1v) is 15.1. The van der Waals surface area contributed by atoms with Crippen LogP contribution in [0.2, 0.25) is 0 Å². The lowest BCUT2D eigenvalue weighted by Crippen LogP contribution is -2.12. The monoisotopic (exact) mass is 504 g/mol. The fourth-order valence-corrected chi connectivity index (χ4v) is 5.95. The van der Waals surface area contributed by atoms with Crippen molar-refractivity contribution in [1.29, 1.82) is 0 Å². The van der Waals surface area contributed by atoms with Crippen LogP contribution >= 0.6 is 10.6 Å². The van der Waals surface area contributed by atoms with Gasteiger partial charge in [0.1, 0.15) is 0 Å². The molecule has 2 N–H and O–H groups in total.